The van der Waals surface area contributed by atoms with Crippen LogP contribution in [0.4, 0.5) is 18.9 Å². The fourth-order valence-electron chi connectivity index (χ4n) is 1.92. The van der Waals surface area contributed by atoms with Crippen LogP contribution in [0.25, 0.3) is 0 Å². The van der Waals surface area contributed by atoms with Crippen molar-refractivity contribution < 1.29 is 18.3 Å². The Morgan fingerprint density at radius 3 is 2.00 bits per heavy atom. The molecule has 0 aromatic heterocycles. The van der Waals surface area contributed by atoms with E-state index in [-0.39, 0.29) is 11.1 Å². The van der Waals surface area contributed by atoms with Gasteiger partial charge in [-0.15, -0.1) is 0 Å². The SMILES string of the molecule is Nc1c(C(F)(F)F)cccc1C(O)(Cl)c1ccccc1. The van der Waals surface area contributed by atoms with Gasteiger partial charge in [-0.25, -0.2) is 0 Å². The topological polar surface area (TPSA) is 46.2 Å². The van der Waals surface area contributed by atoms with Gasteiger partial charge in [0.25, 0.3) is 0 Å². The van der Waals surface area contributed by atoms with Gasteiger partial charge in [-0.3, -0.25) is 0 Å². The van der Waals surface area contributed by atoms with Crippen molar-refractivity contribution in [1.82, 2.24) is 0 Å². The van der Waals surface area contributed by atoms with Crippen LogP contribution in [0, 0.1) is 0 Å². The minimum atomic E-state index is -4.61. The normalized spacial score (nSPS) is 14.8. The molecule has 0 saturated heterocycles. The summed E-state index contributed by atoms with van der Waals surface area (Å²) in [6.07, 6.45) is -4.61. The van der Waals surface area contributed by atoms with Gasteiger partial charge in [0.15, 0.2) is 5.06 Å². The third-order valence-electron chi connectivity index (χ3n) is 2.92. The highest BCUT2D eigenvalue weighted by atomic mass is 35.5. The molecule has 0 fully saturated rings. The third kappa shape index (κ3) is 2.59. The molecule has 1 unspecified atom stereocenters. The monoisotopic (exact) mass is 301 g/mol. The molecule has 106 valence electrons. The lowest BCUT2D eigenvalue weighted by Crippen LogP contribution is -2.23. The number of aliphatic hydroxyl groups is 1. The molecule has 0 radical (unpaired) electrons. The van der Waals surface area contributed by atoms with E-state index >= 15 is 0 Å². The number of anilines is 1. The number of benzene rings is 2. The summed E-state index contributed by atoms with van der Waals surface area (Å²) in [4.78, 5) is 0. The summed E-state index contributed by atoms with van der Waals surface area (Å²) in [6.45, 7) is 0. The summed E-state index contributed by atoms with van der Waals surface area (Å²) in [7, 11) is 0. The van der Waals surface area contributed by atoms with Crippen LogP contribution in [0.5, 0.6) is 0 Å². The highest BCUT2D eigenvalue weighted by Crippen LogP contribution is 2.42. The zero-order valence-corrected chi connectivity index (χ0v) is 10.9. The van der Waals surface area contributed by atoms with Gasteiger partial charge in [-0.2, -0.15) is 13.2 Å². The van der Waals surface area contributed by atoms with Crippen LogP contribution in [0.1, 0.15) is 16.7 Å². The first kappa shape index (κ1) is 14.7. The van der Waals surface area contributed by atoms with Crippen molar-refractivity contribution in [2.45, 2.75) is 11.2 Å². The van der Waals surface area contributed by atoms with Gasteiger partial charge in [0, 0.05) is 11.1 Å². The van der Waals surface area contributed by atoms with E-state index in [4.69, 9.17) is 17.3 Å². The van der Waals surface area contributed by atoms with Crippen molar-refractivity contribution in [3.05, 3.63) is 65.2 Å². The summed E-state index contributed by atoms with van der Waals surface area (Å²) in [5.41, 5.74) is 3.97. The molecule has 1 atom stereocenters. The third-order valence-corrected chi connectivity index (χ3v) is 3.35. The minimum absolute atomic E-state index is 0.194. The number of rotatable bonds is 2. The second-order valence-electron chi connectivity index (χ2n) is 4.25. The molecule has 0 aliphatic heterocycles. The number of hydrogen-bond donors (Lipinski definition) is 2. The van der Waals surface area contributed by atoms with Crippen LogP contribution < -0.4 is 5.73 Å². The van der Waals surface area contributed by atoms with E-state index in [1.165, 1.54) is 18.2 Å². The fourth-order valence-corrected chi connectivity index (χ4v) is 2.21. The predicted molar refractivity (Wildman–Crippen MR) is 71.2 cm³/mol. The molecule has 0 aliphatic carbocycles. The first-order chi connectivity index (χ1) is 9.24. The molecule has 2 aromatic carbocycles. The van der Waals surface area contributed by atoms with Gasteiger partial charge in [-0.1, -0.05) is 54.1 Å². The fraction of sp³-hybridized carbons (Fsp3) is 0.143. The maximum absolute atomic E-state index is 12.8. The molecule has 0 heterocycles. The molecule has 0 amide bonds. The Hall–Kier alpha value is -1.72. The molecule has 3 N–H and O–H groups in total. The van der Waals surface area contributed by atoms with E-state index in [0.29, 0.717) is 0 Å². The predicted octanol–water partition coefficient (Wildman–Crippen LogP) is 3.72. The Balaban J connectivity index is 2.59. The van der Waals surface area contributed by atoms with Gasteiger partial charge < -0.3 is 10.8 Å². The van der Waals surface area contributed by atoms with Crippen LogP contribution in [0.2, 0.25) is 0 Å². The molecule has 0 aliphatic rings. The molecule has 0 spiro atoms. The molecule has 20 heavy (non-hydrogen) atoms. The maximum atomic E-state index is 12.8. The van der Waals surface area contributed by atoms with Crippen molar-refractivity contribution in [3.63, 3.8) is 0 Å². The summed E-state index contributed by atoms with van der Waals surface area (Å²) < 4.78 is 38.4. The smallest absolute Gasteiger partial charge is 0.398 e. The largest absolute Gasteiger partial charge is 0.418 e. The van der Waals surface area contributed by atoms with E-state index in [1.807, 2.05) is 0 Å². The van der Waals surface area contributed by atoms with Gasteiger partial charge in [0.05, 0.1) is 11.3 Å². The quantitative estimate of drug-likeness (QED) is 0.656. The average Bonchev–Trinajstić information content (AvgIpc) is 2.38. The van der Waals surface area contributed by atoms with Crippen LogP contribution in [0.15, 0.2) is 48.5 Å². The minimum Gasteiger partial charge on any atom is -0.398 e. The van der Waals surface area contributed by atoms with Crippen molar-refractivity contribution in [1.29, 1.82) is 0 Å². The molecule has 2 nitrogen and oxygen atoms in total. The molecule has 0 bridgehead atoms. The van der Waals surface area contributed by atoms with Crippen molar-refractivity contribution in [2.24, 2.45) is 0 Å². The lowest BCUT2D eigenvalue weighted by Gasteiger charge is -2.25. The maximum Gasteiger partial charge on any atom is 0.418 e. The van der Waals surface area contributed by atoms with Crippen LogP contribution in [-0.2, 0) is 11.2 Å². The summed E-state index contributed by atoms with van der Waals surface area (Å²) in [5, 5.41) is 8.23. The number of nitrogens with two attached hydrogens (primary N) is 1. The first-order valence-corrected chi connectivity index (χ1v) is 6.05. The van der Waals surface area contributed by atoms with Gasteiger partial charge in [-0.05, 0) is 6.07 Å². The Kier molecular flexibility index (Phi) is 3.67. The summed E-state index contributed by atoms with van der Waals surface area (Å²) >= 11 is 6.02. The Morgan fingerprint density at radius 1 is 0.900 bits per heavy atom. The molecule has 6 heteroatoms. The molecule has 2 aromatic rings. The lowest BCUT2D eigenvalue weighted by molar-refractivity contribution is -0.137. The van der Waals surface area contributed by atoms with E-state index < -0.39 is 22.5 Å². The van der Waals surface area contributed by atoms with Gasteiger partial charge in [0.1, 0.15) is 0 Å². The molecular weight excluding hydrogens is 291 g/mol. The summed E-state index contributed by atoms with van der Waals surface area (Å²) in [5.74, 6) is 0. The number of nitrogen functional groups attached to an aromatic ring is 1. The zero-order chi connectivity index (χ0) is 15.0. The van der Waals surface area contributed by atoms with E-state index in [2.05, 4.69) is 0 Å². The van der Waals surface area contributed by atoms with Crippen molar-refractivity contribution >= 4 is 17.3 Å². The van der Waals surface area contributed by atoms with E-state index in [9.17, 15) is 18.3 Å². The summed E-state index contributed by atoms with van der Waals surface area (Å²) in [6, 6.07) is 11.2. The van der Waals surface area contributed by atoms with Crippen LogP contribution in [-0.4, -0.2) is 5.11 Å². The van der Waals surface area contributed by atoms with E-state index in [1.54, 1.807) is 18.2 Å². The number of halogens is 4. The Labute approximate surface area is 118 Å². The lowest BCUT2D eigenvalue weighted by atomic mass is 9.96. The highest BCUT2D eigenvalue weighted by molar-refractivity contribution is 6.25. The van der Waals surface area contributed by atoms with E-state index in [0.717, 1.165) is 12.1 Å². The number of alkyl halides is 4. The van der Waals surface area contributed by atoms with Crippen LogP contribution >= 0.6 is 11.6 Å². The number of para-hydroxylation sites is 1. The average molecular weight is 302 g/mol. The second kappa shape index (κ2) is 5.00. The molecular formula is C14H11ClF3NO. The zero-order valence-electron chi connectivity index (χ0n) is 10.2. The van der Waals surface area contributed by atoms with Gasteiger partial charge in [0.2, 0.25) is 0 Å². The second-order valence-corrected chi connectivity index (χ2v) is 4.80. The Bertz CT molecular complexity index is 612. The van der Waals surface area contributed by atoms with Crippen molar-refractivity contribution in [2.75, 3.05) is 5.73 Å². The van der Waals surface area contributed by atoms with Crippen LogP contribution in [0.3, 0.4) is 0 Å². The van der Waals surface area contributed by atoms with Gasteiger partial charge >= 0.3 is 6.18 Å². The standard InChI is InChI=1S/C14H11ClF3NO/c15-13(20,9-5-2-1-3-6-9)10-7-4-8-11(12(10)19)14(16,17)18/h1-8,20H,19H2. The number of hydrogen-bond acceptors (Lipinski definition) is 2. The highest BCUT2D eigenvalue weighted by Gasteiger charge is 2.38. The van der Waals surface area contributed by atoms with Crippen molar-refractivity contribution in [3.8, 4) is 0 Å². The molecule has 0 saturated carbocycles. The Morgan fingerprint density at radius 2 is 1.45 bits per heavy atom. The molecule has 2 rings (SSSR count). The first-order valence-electron chi connectivity index (χ1n) is 5.67.